The fraction of sp³-hybridized carbons (Fsp3) is 0.455. The van der Waals surface area contributed by atoms with Gasteiger partial charge in [-0.15, -0.1) is 11.3 Å². The van der Waals surface area contributed by atoms with Gasteiger partial charge in [-0.1, -0.05) is 0 Å². The Bertz CT molecular complexity index is 539. The number of thiophene rings is 1. The molecule has 2 aromatic heterocycles. The van der Waals surface area contributed by atoms with Crippen LogP contribution in [0.4, 0.5) is 11.8 Å². The average molecular weight is 266 g/mol. The van der Waals surface area contributed by atoms with Crippen LogP contribution in [-0.2, 0) is 0 Å². The molecule has 0 bridgehead atoms. The first-order chi connectivity index (χ1) is 8.25. The van der Waals surface area contributed by atoms with E-state index in [1.165, 1.54) is 0 Å². The zero-order chi connectivity index (χ0) is 11.8. The lowest BCUT2D eigenvalue weighted by molar-refractivity contribution is 0.693. The van der Waals surface area contributed by atoms with Gasteiger partial charge < -0.3 is 10.6 Å². The molecule has 1 saturated heterocycles. The molecule has 3 heterocycles. The summed E-state index contributed by atoms with van der Waals surface area (Å²) in [6.45, 7) is 3.27. The van der Waals surface area contributed by atoms with Crippen molar-refractivity contribution in [2.24, 2.45) is 0 Å². The molecule has 0 amide bonds. The first-order valence-corrected chi connectivity index (χ1v) is 7.64. The van der Waals surface area contributed by atoms with Crippen molar-refractivity contribution in [3.63, 3.8) is 0 Å². The van der Waals surface area contributed by atoms with Crippen LogP contribution in [0.5, 0.6) is 0 Å². The van der Waals surface area contributed by atoms with Gasteiger partial charge in [-0.3, -0.25) is 0 Å². The maximum atomic E-state index is 5.79. The number of thioether (sulfide) groups is 1. The Hall–Kier alpha value is -1.01. The molecule has 6 heteroatoms. The molecule has 0 aliphatic carbocycles. The van der Waals surface area contributed by atoms with Crippen molar-refractivity contribution in [3.05, 3.63) is 11.4 Å². The molecule has 1 unspecified atom stereocenters. The average Bonchev–Trinajstić information content (AvgIpc) is 2.76. The quantitative estimate of drug-likeness (QED) is 0.857. The summed E-state index contributed by atoms with van der Waals surface area (Å²) in [5.74, 6) is 3.68. The number of anilines is 2. The van der Waals surface area contributed by atoms with Crippen LogP contribution in [0.2, 0.25) is 0 Å². The minimum absolute atomic E-state index is 0.375. The van der Waals surface area contributed by atoms with Crippen LogP contribution in [0.1, 0.15) is 6.92 Å². The van der Waals surface area contributed by atoms with Gasteiger partial charge in [-0.25, -0.2) is 4.98 Å². The molecule has 2 N–H and O–H groups in total. The molecule has 1 fully saturated rings. The molecule has 2 aromatic rings. The van der Waals surface area contributed by atoms with Crippen molar-refractivity contribution >= 4 is 45.1 Å². The molecule has 90 valence electrons. The van der Waals surface area contributed by atoms with E-state index in [0.717, 1.165) is 34.1 Å². The molecule has 0 radical (unpaired) electrons. The number of rotatable bonds is 1. The van der Waals surface area contributed by atoms with Crippen LogP contribution in [-0.4, -0.2) is 34.1 Å². The Morgan fingerprint density at radius 2 is 2.35 bits per heavy atom. The van der Waals surface area contributed by atoms with Gasteiger partial charge in [0.1, 0.15) is 10.6 Å². The highest BCUT2D eigenvalue weighted by Gasteiger charge is 2.22. The third kappa shape index (κ3) is 1.95. The van der Waals surface area contributed by atoms with Crippen molar-refractivity contribution in [2.75, 3.05) is 28.7 Å². The number of hydrogen-bond acceptors (Lipinski definition) is 6. The second kappa shape index (κ2) is 4.34. The van der Waals surface area contributed by atoms with Gasteiger partial charge in [0.2, 0.25) is 5.95 Å². The van der Waals surface area contributed by atoms with Crippen LogP contribution < -0.4 is 10.6 Å². The van der Waals surface area contributed by atoms with E-state index in [9.17, 15) is 0 Å². The second-order valence-electron chi connectivity index (χ2n) is 4.16. The van der Waals surface area contributed by atoms with Crippen molar-refractivity contribution < 1.29 is 0 Å². The number of nitrogen functional groups attached to an aromatic ring is 1. The molecule has 4 nitrogen and oxygen atoms in total. The predicted octanol–water partition coefficient (Wildman–Crippen LogP) is 2.22. The number of aromatic nitrogens is 2. The molecule has 1 aliphatic rings. The van der Waals surface area contributed by atoms with Crippen molar-refractivity contribution in [3.8, 4) is 0 Å². The normalized spacial score (nSPS) is 21.0. The molecule has 0 spiro atoms. The van der Waals surface area contributed by atoms with E-state index < -0.39 is 0 Å². The summed E-state index contributed by atoms with van der Waals surface area (Å²) in [7, 11) is 0. The van der Waals surface area contributed by atoms with Gasteiger partial charge in [-0.05, 0) is 18.4 Å². The van der Waals surface area contributed by atoms with E-state index in [1.807, 2.05) is 17.1 Å². The highest BCUT2D eigenvalue weighted by Crippen LogP contribution is 2.31. The Labute approximate surface area is 108 Å². The largest absolute Gasteiger partial charge is 0.368 e. The molecule has 0 saturated carbocycles. The summed E-state index contributed by atoms with van der Waals surface area (Å²) < 4.78 is 0. The van der Waals surface area contributed by atoms with Gasteiger partial charge in [-0.2, -0.15) is 16.7 Å². The smallest absolute Gasteiger partial charge is 0.223 e. The Morgan fingerprint density at radius 1 is 1.47 bits per heavy atom. The maximum absolute atomic E-state index is 5.79. The van der Waals surface area contributed by atoms with Crippen molar-refractivity contribution in [1.82, 2.24) is 9.97 Å². The molecule has 1 aliphatic heterocycles. The summed E-state index contributed by atoms with van der Waals surface area (Å²) >= 11 is 3.62. The predicted molar refractivity (Wildman–Crippen MR) is 76.0 cm³/mol. The van der Waals surface area contributed by atoms with E-state index in [1.54, 1.807) is 11.3 Å². The minimum atomic E-state index is 0.375. The highest BCUT2D eigenvalue weighted by molar-refractivity contribution is 7.99. The van der Waals surface area contributed by atoms with Crippen molar-refractivity contribution in [2.45, 2.75) is 13.0 Å². The van der Waals surface area contributed by atoms with Crippen LogP contribution in [0.15, 0.2) is 11.4 Å². The fourth-order valence-electron chi connectivity index (χ4n) is 2.12. The molecular weight excluding hydrogens is 252 g/mol. The maximum Gasteiger partial charge on any atom is 0.223 e. The SMILES string of the molecule is CC1CSCCN1c1nc(N)nc2sccc12. The number of hydrogen-bond donors (Lipinski definition) is 1. The summed E-state index contributed by atoms with van der Waals surface area (Å²) in [6, 6.07) is 2.59. The van der Waals surface area contributed by atoms with Gasteiger partial charge in [0.05, 0.1) is 5.39 Å². The van der Waals surface area contributed by atoms with E-state index in [0.29, 0.717) is 12.0 Å². The third-order valence-electron chi connectivity index (χ3n) is 2.96. The topological polar surface area (TPSA) is 55.0 Å². The highest BCUT2D eigenvalue weighted by atomic mass is 32.2. The Balaban J connectivity index is 2.11. The lowest BCUT2D eigenvalue weighted by atomic mass is 10.2. The van der Waals surface area contributed by atoms with Crippen LogP contribution in [0.25, 0.3) is 10.2 Å². The van der Waals surface area contributed by atoms with E-state index >= 15 is 0 Å². The zero-order valence-electron chi connectivity index (χ0n) is 9.59. The summed E-state index contributed by atoms with van der Waals surface area (Å²) in [5, 5.41) is 3.18. The van der Waals surface area contributed by atoms with Gasteiger partial charge in [0.25, 0.3) is 0 Å². The fourth-order valence-corrected chi connectivity index (χ4v) is 3.90. The number of nitrogens with zero attached hydrogens (tertiary/aromatic N) is 3. The number of nitrogens with two attached hydrogens (primary N) is 1. The van der Waals surface area contributed by atoms with Gasteiger partial charge >= 0.3 is 0 Å². The Kier molecular flexibility index (Phi) is 2.84. The first kappa shape index (κ1) is 11.1. The lowest BCUT2D eigenvalue weighted by Gasteiger charge is -2.34. The Morgan fingerprint density at radius 3 is 3.18 bits per heavy atom. The monoisotopic (exact) mass is 266 g/mol. The number of fused-ring (bicyclic) bond motifs is 1. The van der Waals surface area contributed by atoms with Gasteiger partial charge in [0.15, 0.2) is 0 Å². The summed E-state index contributed by atoms with van der Waals surface area (Å²) in [5.41, 5.74) is 5.79. The van der Waals surface area contributed by atoms with Crippen LogP contribution >= 0.6 is 23.1 Å². The van der Waals surface area contributed by atoms with E-state index in [2.05, 4.69) is 27.9 Å². The summed E-state index contributed by atoms with van der Waals surface area (Å²) in [6.07, 6.45) is 0. The van der Waals surface area contributed by atoms with Gasteiger partial charge in [0, 0.05) is 24.1 Å². The molecule has 17 heavy (non-hydrogen) atoms. The van der Waals surface area contributed by atoms with E-state index in [-0.39, 0.29) is 0 Å². The second-order valence-corrected chi connectivity index (χ2v) is 6.21. The van der Waals surface area contributed by atoms with Crippen LogP contribution in [0, 0.1) is 0 Å². The molecule has 0 aromatic carbocycles. The first-order valence-electron chi connectivity index (χ1n) is 5.61. The molecule has 1 atom stereocenters. The van der Waals surface area contributed by atoms with E-state index in [4.69, 9.17) is 5.73 Å². The summed E-state index contributed by atoms with van der Waals surface area (Å²) in [4.78, 5) is 12.0. The zero-order valence-corrected chi connectivity index (χ0v) is 11.2. The van der Waals surface area contributed by atoms with Crippen molar-refractivity contribution in [1.29, 1.82) is 0 Å². The van der Waals surface area contributed by atoms with Crippen LogP contribution in [0.3, 0.4) is 0 Å². The third-order valence-corrected chi connectivity index (χ3v) is 4.96. The lowest BCUT2D eigenvalue weighted by Crippen LogP contribution is -2.41. The standard InChI is InChI=1S/C11H14N4S2/c1-7-6-16-5-3-15(7)9-8-2-4-17-10(8)14-11(12)13-9/h2,4,7H,3,5-6H2,1H3,(H2,12,13,14). The molecular formula is C11H14N4S2. The molecule has 3 rings (SSSR count). The minimum Gasteiger partial charge on any atom is -0.368 e.